The molecule has 1 fully saturated rings. The van der Waals surface area contributed by atoms with E-state index in [1.54, 1.807) is 15.4 Å². The molecule has 3 aromatic heterocycles. The second-order valence-electron chi connectivity index (χ2n) is 8.45. The van der Waals surface area contributed by atoms with Crippen molar-refractivity contribution in [3.63, 3.8) is 0 Å². The average Bonchev–Trinajstić information content (AvgIpc) is 3.44. The van der Waals surface area contributed by atoms with Crippen LogP contribution in [0.25, 0.3) is 27.9 Å². The maximum absolute atomic E-state index is 13.4. The highest BCUT2D eigenvalue weighted by atomic mass is 79.9. The van der Waals surface area contributed by atoms with E-state index in [1.807, 2.05) is 50.2 Å². The number of carbonyl (C=O) groups is 1. The monoisotopic (exact) mass is 512 g/mol. The van der Waals surface area contributed by atoms with Gasteiger partial charge in [0.2, 0.25) is 11.9 Å². The maximum atomic E-state index is 13.4. The van der Waals surface area contributed by atoms with Gasteiger partial charge in [0.25, 0.3) is 0 Å². The second-order valence-corrected chi connectivity index (χ2v) is 9.30. The van der Waals surface area contributed by atoms with Gasteiger partial charge >= 0.3 is 0 Å². The largest absolute Gasteiger partial charge is 0.378 e. The Labute approximate surface area is 199 Å². The van der Waals surface area contributed by atoms with Gasteiger partial charge in [-0.15, -0.1) is 5.10 Å². The van der Waals surface area contributed by atoms with Crippen LogP contribution in [0.5, 0.6) is 0 Å². The van der Waals surface area contributed by atoms with Crippen LogP contribution in [0.4, 0.5) is 5.95 Å². The van der Waals surface area contributed by atoms with Crippen molar-refractivity contribution in [2.75, 3.05) is 31.6 Å². The minimum atomic E-state index is -0.468. The number of fused-ring (bicyclic) bond motifs is 3. The predicted molar refractivity (Wildman–Crippen MR) is 128 cm³/mol. The van der Waals surface area contributed by atoms with Crippen molar-refractivity contribution in [2.45, 2.75) is 19.9 Å². The van der Waals surface area contributed by atoms with Gasteiger partial charge in [0.15, 0.2) is 11.5 Å². The zero-order chi connectivity index (χ0) is 23.1. The molecular formula is C22H25BrN8O2. The predicted octanol–water partition coefficient (Wildman–Crippen LogP) is 2.74. The van der Waals surface area contributed by atoms with Crippen LogP contribution < -0.4 is 5.32 Å². The number of halogens is 1. The van der Waals surface area contributed by atoms with E-state index in [-0.39, 0.29) is 11.8 Å². The summed E-state index contributed by atoms with van der Waals surface area (Å²) in [5, 5.41) is 13.2. The van der Waals surface area contributed by atoms with Crippen molar-refractivity contribution in [3.05, 3.63) is 35.1 Å². The van der Waals surface area contributed by atoms with E-state index in [4.69, 9.17) is 19.8 Å². The average molecular weight is 513 g/mol. The molecule has 0 bridgehead atoms. The molecule has 1 aromatic carbocycles. The minimum Gasteiger partial charge on any atom is -0.378 e. The summed E-state index contributed by atoms with van der Waals surface area (Å²) in [5.41, 5.74) is 2.21. The fourth-order valence-corrected chi connectivity index (χ4v) is 4.44. The highest BCUT2D eigenvalue weighted by Gasteiger charge is 2.30. The number of hydrogen-bond donors (Lipinski definition) is 1. The standard InChI is InChI=1S/C22H25BrN8O2/c1-13(2)17(21(32)30-7-9-33-10-8-30)25-22-26-18-15(5-4-6-16(18)23)20-27-19(28-31(20)22)14-11-24-29(3)12-14/h4-6,11-13,17H,7-10H2,1-3H3,(H,25,26). The number of para-hydroxylation sites is 1. The molecule has 5 rings (SSSR count). The Kier molecular flexibility index (Phi) is 5.75. The van der Waals surface area contributed by atoms with Gasteiger partial charge in [-0.3, -0.25) is 9.48 Å². The molecule has 4 aromatic rings. The zero-order valence-electron chi connectivity index (χ0n) is 18.7. The molecular weight excluding hydrogens is 488 g/mol. The summed E-state index contributed by atoms with van der Waals surface area (Å²) in [4.78, 5) is 24.8. The number of morpholine rings is 1. The molecule has 0 spiro atoms. The van der Waals surface area contributed by atoms with Crippen molar-refractivity contribution < 1.29 is 9.53 Å². The van der Waals surface area contributed by atoms with E-state index in [0.717, 1.165) is 20.9 Å². The SMILES string of the molecule is CC(C)C(Nc1nc2c(Br)cccc2c2nc(-c3cnn(C)c3)nn12)C(=O)N1CCOCC1. The van der Waals surface area contributed by atoms with Crippen molar-refractivity contribution >= 4 is 44.3 Å². The summed E-state index contributed by atoms with van der Waals surface area (Å²) in [5.74, 6) is 1.07. The third-order valence-corrected chi connectivity index (χ3v) is 6.40. The van der Waals surface area contributed by atoms with E-state index >= 15 is 0 Å². The molecule has 33 heavy (non-hydrogen) atoms. The molecule has 1 N–H and O–H groups in total. The number of anilines is 1. The highest BCUT2D eigenvalue weighted by molar-refractivity contribution is 9.10. The molecule has 1 amide bonds. The van der Waals surface area contributed by atoms with E-state index in [9.17, 15) is 4.79 Å². The lowest BCUT2D eigenvalue weighted by molar-refractivity contribution is -0.137. The maximum Gasteiger partial charge on any atom is 0.245 e. The number of aromatic nitrogens is 6. The topological polar surface area (TPSA) is 102 Å². The summed E-state index contributed by atoms with van der Waals surface area (Å²) >= 11 is 3.61. The second kappa shape index (κ2) is 8.71. The minimum absolute atomic E-state index is 0.0306. The molecule has 1 aliphatic heterocycles. The van der Waals surface area contributed by atoms with Crippen LogP contribution in [0.1, 0.15) is 13.8 Å². The summed E-state index contributed by atoms with van der Waals surface area (Å²) < 4.78 is 9.65. The number of nitrogens with one attached hydrogen (secondary N) is 1. The van der Waals surface area contributed by atoms with Crippen LogP contribution in [-0.4, -0.2) is 72.5 Å². The van der Waals surface area contributed by atoms with Gasteiger partial charge in [-0.2, -0.15) is 9.61 Å². The molecule has 1 atom stereocenters. The summed E-state index contributed by atoms with van der Waals surface area (Å²) in [6.07, 6.45) is 3.60. The van der Waals surface area contributed by atoms with E-state index in [1.165, 1.54) is 0 Å². The van der Waals surface area contributed by atoms with Gasteiger partial charge in [0, 0.05) is 36.2 Å². The molecule has 0 saturated carbocycles. The van der Waals surface area contributed by atoms with Crippen molar-refractivity contribution in [3.8, 4) is 11.4 Å². The number of amides is 1. The smallest absolute Gasteiger partial charge is 0.245 e. The number of carbonyl (C=O) groups excluding carboxylic acids is 1. The Bertz CT molecular complexity index is 1320. The number of nitrogens with zero attached hydrogens (tertiary/aromatic N) is 7. The first kappa shape index (κ1) is 21.8. The zero-order valence-corrected chi connectivity index (χ0v) is 20.3. The first-order valence-electron chi connectivity index (χ1n) is 10.9. The van der Waals surface area contributed by atoms with Gasteiger partial charge in [-0.25, -0.2) is 9.97 Å². The van der Waals surface area contributed by atoms with Gasteiger partial charge in [-0.1, -0.05) is 19.9 Å². The molecule has 172 valence electrons. The fraction of sp³-hybridized carbons (Fsp3) is 0.409. The first-order chi connectivity index (χ1) is 15.9. The molecule has 10 nitrogen and oxygen atoms in total. The van der Waals surface area contributed by atoms with Gasteiger partial charge < -0.3 is 15.0 Å². The Morgan fingerprint density at radius 2 is 2.00 bits per heavy atom. The number of benzene rings is 1. The lowest BCUT2D eigenvalue weighted by Crippen LogP contribution is -2.50. The Balaban J connectivity index is 1.62. The van der Waals surface area contributed by atoms with Crippen LogP contribution in [0.3, 0.4) is 0 Å². The Morgan fingerprint density at radius 3 is 2.70 bits per heavy atom. The summed E-state index contributed by atoms with van der Waals surface area (Å²) in [6, 6.07) is 5.38. The number of aryl methyl sites for hydroxylation is 1. The highest BCUT2D eigenvalue weighted by Crippen LogP contribution is 2.29. The van der Waals surface area contributed by atoms with Crippen LogP contribution in [0, 0.1) is 5.92 Å². The van der Waals surface area contributed by atoms with Crippen LogP contribution in [-0.2, 0) is 16.6 Å². The lowest BCUT2D eigenvalue weighted by atomic mass is 10.0. The Morgan fingerprint density at radius 1 is 1.21 bits per heavy atom. The number of hydrogen-bond acceptors (Lipinski definition) is 7. The van der Waals surface area contributed by atoms with E-state index in [0.29, 0.717) is 43.7 Å². The van der Waals surface area contributed by atoms with Gasteiger partial charge in [0.1, 0.15) is 6.04 Å². The molecule has 0 radical (unpaired) electrons. The van der Waals surface area contributed by atoms with E-state index in [2.05, 4.69) is 26.3 Å². The number of ether oxygens (including phenoxy) is 1. The third-order valence-electron chi connectivity index (χ3n) is 5.76. The Hall–Kier alpha value is -3.05. The number of rotatable bonds is 5. The molecule has 1 aliphatic rings. The third kappa shape index (κ3) is 4.06. The fourth-order valence-electron chi connectivity index (χ4n) is 3.98. The molecule has 0 aliphatic carbocycles. The normalized spacial score (nSPS) is 15.5. The van der Waals surface area contributed by atoms with Crippen molar-refractivity contribution in [1.82, 2.24) is 34.3 Å². The van der Waals surface area contributed by atoms with Crippen LogP contribution >= 0.6 is 15.9 Å². The van der Waals surface area contributed by atoms with Gasteiger partial charge in [-0.05, 0) is 34.0 Å². The van der Waals surface area contributed by atoms with Gasteiger partial charge in [0.05, 0.1) is 30.5 Å². The van der Waals surface area contributed by atoms with Crippen molar-refractivity contribution in [2.24, 2.45) is 13.0 Å². The molecule has 11 heteroatoms. The lowest BCUT2D eigenvalue weighted by Gasteiger charge is -2.32. The van der Waals surface area contributed by atoms with E-state index < -0.39 is 6.04 Å². The van der Waals surface area contributed by atoms with Crippen LogP contribution in [0.15, 0.2) is 35.1 Å². The first-order valence-corrected chi connectivity index (χ1v) is 11.7. The molecule has 1 saturated heterocycles. The summed E-state index contributed by atoms with van der Waals surface area (Å²) in [7, 11) is 1.85. The van der Waals surface area contributed by atoms with Crippen LogP contribution in [0.2, 0.25) is 0 Å². The van der Waals surface area contributed by atoms with Crippen molar-refractivity contribution in [1.29, 1.82) is 0 Å². The molecule has 1 unspecified atom stereocenters. The molecule has 4 heterocycles. The quantitative estimate of drug-likeness (QED) is 0.438. The summed E-state index contributed by atoms with van der Waals surface area (Å²) in [6.45, 7) is 6.33.